The predicted molar refractivity (Wildman–Crippen MR) is 95.0 cm³/mol. The largest absolute Gasteiger partial charge is 0.394 e. The fourth-order valence-electron chi connectivity index (χ4n) is 6.76. The molecule has 3 saturated carbocycles. The van der Waals surface area contributed by atoms with Gasteiger partial charge in [-0.25, -0.2) is 0 Å². The molecular formula is C21H28O5. The van der Waals surface area contributed by atoms with Gasteiger partial charge in [-0.1, -0.05) is 25.5 Å². The van der Waals surface area contributed by atoms with Crippen molar-refractivity contribution in [3.63, 3.8) is 0 Å². The SMILES string of the molecule is CC12C=CC(=O)C=C1CC[C@@H]1[C@@H]2C(=O)C[C@@]2(C)[C@H]1CC[C@]2(O)[C@@H](O)CO. The van der Waals surface area contributed by atoms with Crippen molar-refractivity contribution in [1.29, 1.82) is 0 Å². The summed E-state index contributed by atoms with van der Waals surface area (Å²) in [4.78, 5) is 25.1. The number of rotatable bonds is 2. The van der Waals surface area contributed by atoms with Crippen LogP contribution in [0.15, 0.2) is 23.8 Å². The van der Waals surface area contributed by atoms with E-state index < -0.39 is 29.1 Å². The zero-order valence-corrected chi connectivity index (χ0v) is 15.4. The molecule has 3 N–H and O–H groups in total. The molecule has 0 aromatic carbocycles. The first kappa shape index (κ1) is 18.1. The Bertz CT molecular complexity index is 724. The lowest BCUT2D eigenvalue weighted by atomic mass is 9.46. The number of fused-ring (bicyclic) bond motifs is 5. The molecular weight excluding hydrogens is 332 g/mol. The van der Waals surface area contributed by atoms with Crippen LogP contribution in [0.2, 0.25) is 0 Å². The maximum absolute atomic E-state index is 13.3. The van der Waals surface area contributed by atoms with Gasteiger partial charge in [0.05, 0.1) is 12.2 Å². The summed E-state index contributed by atoms with van der Waals surface area (Å²) in [7, 11) is 0. The van der Waals surface area contributed by atoms with Crippen molar-refractivity contribution in [3.05, 3.63) is 23.8 Å². The van der Waals surface area contributed by atoms with E-state index in [4.69, 9.17) is 0 Å². The molecule has 0 aromatic rings. The summed E-state index contributed by atoms with van der Waals surface area (Å²) in [5, 5.41) is 31.0. The predicted octanol–water partition coefficient (Wildman–Crippen LogP) is 1.56. The lowest BCUT2D eigenvalue weighted by molar-refractivity contribution is -0.186. The molecule has 0 heterocycles. The van der Waals surface area contributed by atoms with Gasteiger partial charge in [0.15, 0.2) is 5.78 Å². The summed E-state index contributed by atoms with van der Waals surface area (Å²) in [5.74, 6) is 0.164. The normalized spacial score (nSPS) is 48.5. The van der Waals surface area contributed by atoms with Gasteiger partial charge in [0.25, 0.3) is 0 Å². The lowest BCUT2D eigenvalue weighted by Crippen LogP contribution is -2.61. The van der Waals surface area contributed by atoms with Gasteiger partial charge < -0.3 is 15.3 Å². The minimum atomic E-state index is -1.43. The van der Waals surface area contributed by atoms with Crippen molar-refractivity contribution in [2.75, 3.05) is 6.61 Å². The monoisotopic (exact) mass is 360 g/mol. The summed E-state index contributed by atoms with van der Waals surface area (Å²) in [6, 6.07) is 0. The molecule has 0 amide bonds. The first-order valence-corrected chi connectivity index (χ1v) is 9.65. The molecule has 26 heavy (non-hydrogen) atoms. The summed E-state index contributed by atoms with van der Waals surface area (Å²) < 4.78 is 0. The summed E-state index contributed by atoms with van der Waals surface area (Å²) in [6.45, 7) is 3.46. The molecule has 3 fully saturated rings. The zero-order chi connectivity index (χ0) is 18.9. The third kappa shape index (κ3) is 2.08. The van der Waals surface area contributed by atoms with Gasteiger partial charge in [-0.2, -0.15) is 0 Å². The maximum Gasteiger partial charge on any atom is 0.178 e. The quantitative estimate of drug-likeness (QED) is 0.695. The molecule has 5 nitrogen and oxygen atoms in total. The molecule has 0 spiro atoms. The maximum atomic E-state index is 13.3. The highest BCUT2D eigenvalue weighted by molar-refractivity contribution is 6.01. The molecule has 0 aromatic heterocycles. The Morgan fingerprint density at radius 3 is 2.69 bits per heavy atom. The Morgan fingerprint density at radius 1 is 1.27 bits per heavy atom. The van der Waals surface area contributed by atoms with E-state index in [0.29, 0.717) is 6.42 Å². The van der Waals surface area contributed by atoms with E-state index in [0.717, 1.165) is 24.8 Å². The molecule has 5 heteroatoms. The van der Waals surface area contributed by atoms with E-state index in [1.807, 2.05) is 13.0 Å². The van der Waals surface area contributed by atoms with Gasteiger partial charge >= 0.3 is 0 Å². The summed E-state index contributed by atoms with van der Waals surface area (Å²) in [6.07, 6.45) is 6.91. The molecule has 0 radical (unpaired) electrons. The number of allylic oxidation sites excluding steroid dienone is 4. The van der Waals surface area contributed by atoms with Crippen LogP contribution in [0.3, 0.4) is 0 Å². The van der Waals surface area contributed by atoms with Crippen LogP contribution in [0.5, 0.6) is 0 Å². The molecule has 7 atom stereocenters. The van der Waals surface area contributed by atoms with Gasteiger partial charge in [-0.15, -0.1) is 0 Å². The standard InChI is InChI=1S/C21H28O5/c1-19-7-5-13(23)9-12(19)3-4-14-15-6-8-21(26,17(25)11-22)20(15,2)10-16(24)18(14)19/h5,7,9,14-15,17-18,22,25-26H,3-4,6,8,10-11H2,1-2H3/t14-,15-,17-,18+,19?,20-,21-/m0/s1. The highest BCUT2D eigenvalue weighted by atomic mass is 16.4. The highest BCUT2D eigenvalue weighted by Gasteiger charge is 2.67. The van der Waals surface area contributed by atoms with Crippen molar-refractivity contribution in [1.82, 2.24) is 0 Å². The van der Waals surface area contributed by atoms with Gasteiger partial charge in [0.1, 0.15) is 11.9 Å². The Balaban J connectivity index is 1.75. The van der Waals surface area contributed by atoms with Crippen LogP contribution in [0.1, 0.15) is 46.0 Å². The number of aliphatic hydroxyl groups is 3. The number of ketones is 2. The van der Waals surface area contributed by atoms with Gasteiger partial charge in [0, 0.05) is 23.2 Å². The number of aliphatic hydroxyl groups excluding tert-OH is 2. The van der Waals surface area contributed by atoms with Crippen LogP contribution in [0, 0.1) is 28.6 Å². The van der Waals surface area contributed by atoms with E-state index >= 15 is 0 Å². The molecule has 4 aliphatic carbocycles. The van der Waals surface area contributed by atoms with E-state index in [1.165, 1.54) is 0 Å². The Morgan fingerprint density at radius 2 is 2.00 bits per heavy atom. The van der Waals surface area contributed by atoms with E-state index in [2.05, 4.69) is 6.92 Å². The minimum Gasteiger partial charge on any atom is -0.394 e. The van der Waals surface area contributed by atoms with Gasteiger partial charge in [0.2, 0.25) is 0 Å². The van der Waals surface area contributed by atoms with Crippen molar-refractivity contribution >= 4 is 11.6 Å². The van der Waals surface area contributed by atoms with Crippen molar-refractivity contribution in [3.8, 4) is 0 Å². The molecule has 4 rings (SSSR count). The molecule has 0 saturated heterocycles. The van der Waals surface area contributed by atoms with Crippen LogP contribution >= 0.6 is 0 Å². The van der Waals surface area contributed by atoms with Crippen molar-refractivity contribution < 1.29 is 24.9 Å². The summed E-state index contributed by atoms with van der Waals surface area (Å²) >= 11 is 0. The second kappa shape index (κ2) is 5.60. The minimum absolute atomic E-state index is 0.00895. The second-order valence-electron chi connectivity index (χ2n) is 9.20. The Hall–Kier alpha value is -1.30. The number of carbonyl (C=O) groups excluding carboxylic acids is 2. The number of carbonyl (C=O) groups is 2. The van der Waals surface area contributed by atoms with Crippen LogP contribution in [0.25, 0.3) is 0 Å². The number of hydrogen-bond acceptors (Lipinski definition) is 5. The van der Waals surface area contributed by atoms with Gasteiger partial charge in [-0.05, 0) is 49.7 Å². The van der Waals surface area contributed by atoms with Crippen LogP contribution in [-0.4, -0.2) is 45.2 Å². The Labute approximate surface area is 153 Å². The molecule has 1 unspecified atom stereocenters. The highest BCUT2D eigenvalue weighted by Crippen LogP contribution is 2.66. The fraction of sp³-hybridized carbons (Fsp3) is 0.714. The number of Topliss-reactive ketones (excluding diaryl/α,β-unsaturated/α-hetero) is 1. The van der Waals surface area contributed by atoms with E-state index in [-0.39, 0.29) is 35.7 Å². The first-order chi connectivity index (χ1) is 12.2. The van der Waals surface area contributed by atoms with Crippen LogP contribution in [0.4, 0.5) is 0 Å². The Kier molecular flexibility index (Phi) is 3.89. The molecule has 4 aliphatic rings. The van der Waals surface area contributed by atoms with E-state index in [9.17, 15) is 24.9 Å². The van der Waals surface area contributed by atoms with Crippen molar-refractivity contribution in [2.45, 2.75) is 57.7 Å². The molecule has 0 bridgehead atoms. The van der Waals surface area contributed by atoms with Crippen LogP contribution < -0.4 is 0 Å². The number of hydrogen-bond donors (Lipinski definition) is 3. The average molecular weight is 360 g/mol. The molecule has 0 aliphatic heterocycles. The average Bonchev–Trinajstić information content (AvgIpc) is 2.86. The lowest BCUT2D eigenvalue weighted by Gasteiger charge is -2.57. The van der Waals surface area contributed by atoms with Crippen molar-refractivity contribution in [2.24, 2.45) is 28.6 Å². The van der Waals surface area contributed by atoms with Gasteiger partial charge in [-0.3, -0.25) is 9.59 Å². The first-order valence-electron chi connectivity index (χ1n) is 9.65. The summed E-state index contributed by atoms with van der Waals surface area (Å²) in [5.41, 5.74) is -1.53. The van der Waals surface area contributed by atoms with E-state index in [1.54, 1.807) is 12.2 Å². The topological polar surface area (TPSA) is 94.8 Å². The third-order valence-corrected chi connectivity index (χ3v) is 8.20. The zero-order valence-electron chi connectivity index (χ0n) is 15.4. The van der Waals surface area contributed by atoms with Crippen LogP contribution in [-0.2, 0) is 9.59 Å². The smallest absolute Gasteiger partial charge is 0.178 e. The third-order valence-electron chi connectivity index (χ3n) is 8.20. The fourth-order valence-corrected chi connectivity index (χ4v) is 6.76. The second-order valence-corrected chi connectivity index (χ2v) is 9.20. The molecule has 142 valence electrons.